The minimum atomic E-state index is 0. The third-order valence-corrected chi connectivity index (χ3v) is 2.89. The van der Waals surface area contributed by atoms with Crippen molar-refractivity contribution in [3.05, 3.63) is 35.0 Å². The highest BCUT2D eigenvalue weighted by molar-refractivity contribution is 5.86. The highest BCUT2D eigenvalue weighted by Gasteiger charge is 2.05. The summed E-state index contributed by atoms with van der Waals surface area (Å²) in [5.41, 5.74) is 10.8. The number of benzene rings is 1. The monoisotopic (exact) mass is 260 g/mol. The predicted molar refractivity (Wildman–Crippen MR) is 75.0 cm³/mol. The first-order valence-electron chi connectivity index (χ1n) is 5.00. The normalized spacial score (nSPS) is 9.69. The van der Waals surface area contributed by atoms with Gasteiger partial charge in [0, 0.05) is 17.1 Å². The molecule has 0 aliphatic heterocycles. The molecule has 4 heteroatoms. The number of hydrogen-bond acceptors (Lipinski definition) is 1. The number of hydrogen-bond donors (Lipinski definition) is 2. The second-order valence-electron chi connectivity index (χ2n) is 3.78. The molecule has 0 radical (unpaired) electrons. The SMILES string of the molecule is Cc1ccc2c(CCN)c[nH]c2c1C.Cl.Cl. The van der Waals surface area contributed by atoms with Crippen LogP contribution in [0, 0.1) is 13.8 Å². The average molecular weight is 261 g/mol. The van der Waals surface area contributed by atoms with Crippen LogP contribution in [0.5, 0.6) is 0 Å². The third kappa shape index (κ3) is 2.51. The van der Waals surface area contributed by atoms with Crippen molar-refractivity contribution >= 4 is 35.7 Å². The minimum Gasteiger partial charge on any atom is -0.361 e. The zero-order valence-electron chi connectivity index (χ0n) is 9.54. The van der Waals surface area contributed by atoms with E-state index in [-0.39, 0.29) is 24.8 Å². The zero-order chi connectivity index (χ0) is 10.1. The van der Waals surface area contributed by atoms with Gasteiger partial charge >= 0.3 is 0 Å². The van der Waals surface area contributed by atoms with Crippen LogP contribution < -0.4 is 5.73 Å². The van der Waals surface area contributed by atoms with E-state index < -0.39 is 0 Å². The van der Waals surface area contributed by atoms with Crippen LogP contribution in [-0.4, -0.2) is 11.5 Å². The molecule has 0 bridgehead atoms. The number of aryl methyl sites for hydroxylation is 2. The van der Waals surface area contributed by atoms with Crippen LogP contribution in [0.1, 0.15) is 16.7 Å². The van der Waals surface area contributed by atoms with E-state index in [1.807, 2.05) is 0 Å². The molecule has 1 heterocycles. The molecule has 2 nitrogen and oxygen atoms in total. The van der Waals surface area contributed by atoms with Crippen molar-refractivity contribution < 1.29 is 0 Å². The van der Waals surface area contributed by atoms with Gasteiger partial charge < -0.3 is 10.7 Å². The highest BCUT2D eigenvalue weighted by atomic mass is 35.5. The number of halogens is 2. The molecule has 0 aliphatic rings. The number of aromatic amines is 1. The highest BCUT2D eigenvalue weighted by Crippen LogP contribution is 2.23. The van der Waals surface area contributed by atoms with Gasteiger partial charge in [-0.15, -0.1) is 24.8 Å². The van der Waals surface area contributed by atoms with Crippen LogP contribution in [-0.2, 0) is 6.42 Å². The van der Waals surface area contributed by atoms with Crippen LogP contribution in [0.2, 0.25) is 0 Å². The summed E-state index contributed by atoms with van der Waals surface area (Å²) in [6.45, 7) is 5.00. The van der Waals surface area contributed by atoms with Gasteiger partial charge in [-0.1, -0.05) is 12.1 Å². The number of H-pyrrole nitrogens is 1. The summed E-state index contributed by atoms with van der Waals surface area (Å²) in [5.74, 6) is 0. The fourth-order valence-corrected chi connectivity index (χ4v) is 1.87. The Morgan fingerprint density at radius 3 is 2.50 bits per heavy atom. The molecule has 0 amide bonds. The fourth-order valence-electron chi connectivity index (χ4n) is 1.87. The summed E-state index contributed by atoms with van der Waals surface area (Å²) in [6, 6.07) is 4.35. The minimum absolute atomic E-state index is 0. The first-order valence-corrected chi connectivity index (χ1v) is 5.00. The Morgan fingerprint density at radius 2 is 1.88 bits per heavy atom. The predicted octanol–water partition coefficient (Wildman–Crippen LogP) is 3.13. The topological polar surface area (TPSA) is 41.8 Å². The van der Waals surface area contributed by atoms with Crippen molar-refractivity contribution in [2.45, 2.75) is 20.3 Å². The van der Waals surface area contributed by atoms with E-state index in [1.54, 1.807) is 0 Å². The Morgan fingerprint density at radius 1 is 1.19 bits per heavy atom. The lowest BCUT2D eigenvalue weighted by atomic mass is 10.0. The van der Waals surface area contributed by atoms with Crippen molar-refractivity contribution in [2.24, 2.45) is 5.73 Å². The largest absolute Gasteiger partial charge is 0.361 e. The molecule has 0 fully saturated rings. The van der Waals surface area contributed by atoms with Crippen molar-refractivity contribution in [1.29, 1.82) is 0 Å². The van der Waals surface area contributed by atoms with Gasteiger partial charge in [-0.3, -0.25) is 0 Å². The average Bonchev–Trinajstić information content (AvgIpc) is 2.57. The Bertz CT molecular complexity index is 463. The number of aromatic nitrogens is 1. The van der Waals surface area contributed by atoms with E-state index in [0.29, 0.717) is 6.54 Å². The van der Waals surface area contributed by atoms with E-state index >= 15 is 0 Å². The fraction of sp³-hybridized carbons (Fsp3) is 0.333. The van der Waals surface area contributed by atoms with Crippen molar-refractivity contribution in [1.82, 2.24) is 4.98 Å². The Balaban J connectivity index is 0.00000112. The maximum absolute atomic E-state index is 5.56. The van der Waals surface area contributed by atoms with Gasteiger partial charge in [0.15, 0.2) is 0 Å². The van der Waals surface area contributed by atoms with Gasteiger partial charge in [0.2, 0.25) is 0 Å². The molecule has 0 spiro atoms. The van der Waals surface area contributed by atoms with Crippen molar-refractivity contribution in [2.75, 3.05) is 6.54 Å². The Hall–Kier alpha value is -0.700. The summed E-state index contributed by atoms with van der Waals surface area (Å²) >= 11 is 0. The van der Waals surface area contributed by atoms with E-state index in [4.69, 9.17) is 5.73 Å². The molecule has 90 valence electrons. The lowest BCUT2D eigenvalue weighted by molar-refractivity contribution is 0.976. The molecule has 2 aromatic rings. The standard InChI is InChI=1S/C12H16N2.2ClH/c1-8-3-4-11-10(5-6-13)7-14-12(11)9(8)2;;/h3-4,7,14H,5-6,13H2,1-2H3;2*1H. The molecular weight excluding hydrogens is 243 g/mol. The smallest absolute Gasteiger partial charge is 0.0489 e. The van der Waals surface area contributed by atoms with Crippen LogP contribution in [0.4, 0.5) is 0 Å². The maximum Gasteiger partial charge on any atom is 0.0489 e. The number of nitrogens with two attached hydrogens (primary N) is 1. The lowest BCUT2D eigenvalue weighted by Gasteiger charge is -2.02. The third-order valence-electron chi connectivity index (χ3n) is 2.89. The van der Waals surface area contributed by atoms with Crippen LogP contribution in [0.15, 0.2) is 18.3 Å². The van der Waals surface area contributed by atoms with Gasteiger partial charge in [-0.2, -0.15) is 0 Å². The number of nitrogens with one attached hydrogen (secondary N) is 1. The molecule has 2 rings (SSSR count). The molecule has 3 N–H and O–H groups in total. The van der Waals surface area contributed by atoms with E-state index in [9.17, 15) is 0 Å². The van der Waals surface area contributed by atoms with Gasteiger partial charge in [-0.05, 0) is 43.5 Å². The molecule has 1 aromatic heterocycles. The molecule has 0 aliphatic carbocycles. The van der Waals surface area contributed by atoms with E-state index in [2.05, 4.69) is 37.2 Å². The first-order chi connectivity index (χ1) is 6.74. The first kappa shape index (κ1) is 15.3. The van der Waals surface area contributed by atoms with Crippen LogP contribution in [0.25, 0.3) is 10.9 Å². The van der Waals surface area contributed by atoms with E-state index in [0.717, 1.165) is 6.42 Å². The number of rotatable bonds is 2. The summed E-state index contributed by atoms with van der Waals surface area (Å²) in [6.07, 6.45) is 3.02. The summed E-state index contributed by atoms with van der Waals surface area (Å²) in [5, 5.41) is 1.32. The molecular formula is C12H18Cl2N2. The Kier molecular flexibility index (Phi) is 5.87. The summed E-state index contributed by atoms with van der Waals surface area (Å²) in [7, 11) is 0. The van der Waals surface area contributed by atoms with Gasteiger partial charge in [0.25, 0.3) is 0 Å². The van der Waals surface area contributed by atoms with Crippen molar-refractivity contribution in [3.63, 3.8) is 0 Å². The molecule has 0 atom stereocenters. The molecule has 0 unspecified atom stereocenters. The molecule has 1 aromatic carbocycles. The molecule has 16 heavy (non-hydrogen) atoms. The zero-order valence-corrected chi connectivity index (χ0v) is 11.2. The second kappa shape index (κ2) is 6.14. The van der Waals surface area contributed by atoms with Crippen LogP contribution >= 0.6 is 24.8 Å². The summed E-state index contributed by atoms with van der Waals surface area (Å²) < 4.78 is 0. The van der Waals surface area contributed by atoms with Crippen LogP contribution in [0.3, 0.4) is 0 Å². The number of fused-ring (bicyclic) bond motifs is 1. The molecule has 0 saturated heterocycles. The summed E-state index contributed by atoms with van der Waals surface area (Å²) in [4.78, 5) is 3.33. The van der Waals surface area contributed by atoms with Gasteiger partial charge in [0.1, 0.15) is 0 Å². The maximum atomic E-state index is 5.56. The quantitative estimate of drug-likeness (QED) is 0.856. The Labute approximate surface area is 108 Å². The lowest BCUT2D eigenvalue weighted by Crippen LogP contribution is -2.01. The van der Waals surface area contributed by atoms with E-state index in [1.165, 1.54) is 27.6 Å². The second-order valence-corrected chi connectivity index (χ2v) is 3.78. The van der Waals surface area contributed by atoms with Crippen molar-refractivity contribution in [3.8, 4) is 0 Å². The van der Waals surface area contributed by atoms with Gasteiger partial charge in [0.05, 0.1) is 0 Å². The molecule has 0 saturated carbocycles. The van der Waals surface area contributed by atoms with Gasteiger partial charge in [-0.25, -0.2) is 0 Å².